The molecule has 1 aromatic rings. The molecule has 94 valence electrons. The molecule has 1 unspecified atom stereocenters. The van der Waals surface area contributed by atoms with Gasteiger partial charge in [0, 0.05) is 11.9 Å². The van der Waals surface area contributed by atoms with E-state index in [-0.39, 0.29) is 11.9 Å². The van der Waals surface area contributed by atoms with Crippen molar-refractivity contribution in [1.29, 1.82) is 0 Å². The summed E-state index contributed by atoms with van der Waals surface area (Å²) in [6, 6.07) is 1.55. The van der Waals surface area contributed by atoms with Gasteiger partial charge < -0.3 is 15.6 Å². The first kappa shape index (κ1) is 13.8. The Balaban J connectivity index is 2.94. The lowest BCUT2D eigenvalue weighted by molar-refractivity contribution is 0.0596. The van der Waals surface area contributed by atoms with E-state index >= 15 is 0 Å². The second-order valence-corrected chi connectivity index (χ2v) is 4.98. The van der Waals surface area contributed by atoms with Gasteiger partial charge in [0.1, 0.15) is 5.03 Å². The fourth-order valence-electron chi connectivity index (χ4n) is 1.25. The van der Waals surface area contributed by atoms with Crippen LogP contribution in [0.5, 0.6) is 0 Å². The third-order valence-electron chi connectivity index (χ3n) is 2.13. The maximum atomic E-state index is 11.5. The Labute approximate surface area is 104 Å². The van der Waals surface area contributed by atoms with Crippen LogP contribution in [0, 0.1) is 0 Å². The van der Waals surface area contributed by atoms with Crippen LogP contribution in [0.25, 0.3) is 0 Å². The number of methoxy groups -OCH3 is 1. The molecule has 6 heteroatoms. The molecule has 3 N–H and O–H groups in total. The summed E-state index contributed by atoms with van der Waals surface area (Å²) in [7, 11) is 1.32. The molecule has 1 aromatic heterocycles. The lowest BCUT2D eigenvalue weighted by Gasteiger charge is -2.11. The number of rotatable bonds is 5. The molecule has 5 nitrogen and oxygen atoms in total. The summed E-state index contributed by atoms with van der Waals surface area (Å²) in [4.78, 5) is 15.7. The smallest absolute Gasteiger partial charge is 0.340 e. The number of ether oxygens (including phenoxy) is 1. The molecule has 1 rings (SSSR count). The first-order valence-electron chi connectivity index (χ1n) is 5.19. The average molecular weight is 256 g/mol. The van der Waals surface area contributed by atoms with Gasteiger partial charge in [-0.3, -0.25) is 0 Å². The summed E-state index contributed by atoms with van der Waals surface area (Å²) >= 11 is 1.42. The number of nitrogen functional groups attached to an aromatic ring is 1. The van der Waals surface area contributed by atoms with Crippen molar-refractivity contribution >= 4 is 23.4 Å². The number of carbonyl (C=O) groups excluding carboxylic acids is 1. The molecule has 17 heavy (non-hydrogen) atoms. The van der Waals surface area contributed by atoms with E-state index in [1.54, 1.807) is 6.07 Å². The molecule has 0 fully saturated rings. The van der Waals surface area contributed by atoms with E-state index in [1.165, 1.54) is 25.1 Å². The fourth-order valence-corrected chi connectivity index (χ4v) is 2.24. The van der Waals surface area contributed by atoms with Crippen molar-refractivity contribution in [2.24, 2.45) is 0 Å². The van der Waals surface area contributed by atoms with Gasteiger partial charge in [-0.25, -0.2) is 9.78 Å². The Morgan fingerprint density at radius 2 is 2.41 bits per heavy atom. The molecule has 0 radical (unpaired) electrons. The number of nitrogens with two attached hydrogens (primary N) is 1. The standard InChI is InChI=1S/C11H16N2O3S/c1-7(3-4-14)17-10-9(11(15)16-2)5-8(12)6-13-10/h5-7,14H,3-4,12H2,1-2H3. The number of pyridine rings is 1. The van der Waals surface area contributed by atoms with E-state index < -0.39 is 5.97 Å². The van der Waals surface area contributed by atoms with E-state index in [2.05, 4.69) is 9.72 Å². The van der Waals surface area contributed by atoms with Gasteiger partial charge in [0.15, 0.2) is 0 Å². The molecule has 0 saturated carbocycles. The van der Waals surface area contributed by atoms with E-state index in [0.29, 0.717) is 22.7 Å². The van der Waals surface area contributed by atoms with Crippen molar-refractivity contribution in [1.82, 2.24) is 4.98 Å². The van der Waals surface area contributed by atoms with Crippen molar-refractivity contribution in [3.05, 3.63) is 17.8 Å². The normalized spacial score (nSPS) is 12.2. The summed E-state index contributed by atoms with van der Waals surface area (Å²) in [5.41, 5.74) is 6.37. The molecular weight excluding hydrogens is 240 g/mol. The zero-order valence-corrected chi connectivity index (χ0v) is 10.7. The predicted molar refractivity (Wildman–Crippen MR) is 67.0 cm³/mol. The fraction of sp³-hybridized carbons (Fsp3) is 0.455. The van der Waals surface area contributed by atoms with Gasteiger partial charge in [-0.1, -0.05) is 6.92 Å². The number of esters is 1. The number of thioether (sulfide) groups is 1. The van der Waals surface area contributed by atoms with Gasteiger partial charge >= 0.3 is 5.97 Å². The van der Waals surface area contributed by atoms with Crippen LogP contribution in [0.1, 0.15) is 23.7 Å². The highest BCUT2D eigenvalue weighted by Gasteiger charge is 2.16. The van der Waals surface area contributed by atoms with Crippen LogP contribution >= 0.6 is 11.8 Å². The SMILES string of the molecule is COC(=O)c1cc(N)cnc1SC(C)CCO. The molecule has 0 amide bonds. The van der Waals surface area contributed by atoms with E-state index in [9.17, 15) is 4.79 Å². The zero-order valence-electron chi connectivity index (χ0n) is 9.84. The summed E-state index contributed by atoms with van der Waals surface area (Å²) in [5.74, 6) is -0.455. The number of hydrogen-bond acceptors (Lipinski definition) is 6. The van der Waals surface area contributed by atoms with Crippen molar-refractivity contribution in [2.45, 2.75) is 23.6 Å². The molecule has 0 saturated heterocycles. The molecule has 0 bridgehead atoms. The van der Waals surface area contributed by atoms with Crippen molar-refractivity contribution in [3.63, 3.8) is 0 Å². The predicted octanol–water partition coefficient (Wildman–Crippen LogP) is 1.31. The van der Waals surface area contributed by atoms with Crippen LogP contribution in [0.3, 0.4) is 0 Å². The summed E-state index contributed by atoms with van der Waals surface area (Å²) in [6.07, 6.45) is 2.14. The van der Waals surface area contributed by atoms with Crippen LogP contribution in [0.2, 0.25) is 0 Å². The molecule has 1 heterocycles. The van der Waals surface area contributed by atoms with Crippen LogP contribution in [-0.2, 0) is 4.74 Å². The quantitative estimate of drug-likeness (QED) is 0.610. The van der Waals surface area contributed by atoms with Crippen LogP contribution < -0.4 is 5.73 Å². The molecular formula is C11H16N2O3S. The molecule has 0 spiro atoms. The van der Waals surface area contributed by atoms with E-state index in [0.717, 1.165) is 0 Å². The van der Waals surface area contributed by atoms with Gasteiger partial charge in [0.05, 0.1) is 24.6 Å². The van der Waals surface area contributed by atoms with Crippen LogP contribution in [-0.4, -0.2) is 35.0 Å². The topological polar surface area (TPSA) is 85.4 Å². The van der Waals surface area contributed by atoms with Gasteiger partial charge in [0.2, 0.25) is 0 Å². The first-order valence-corrected chi connectivity index (χ1v) is 6.07. The van der Waals surface area contributed by atoms with Gasteiger partial charge in [-0.05, 0) is 12.5 Å². The Morgan fingerprint density at radius 1 is 1.71 bits per heavy atom. The zero-order chi connectivity index (χ0) is 12.8. The van der Waals surface area contributed by atoms with E-state index in [4.69, 9.17) is 10.8 Å². The summed E-state index contributed by atoms with van der Waals surface area (Å²) in [5, 5.41) is 9.58. The molecule has 0 aliphatic rings. The highest BCUT2D eigenvalue weighted by atomic mass is 32.2. The third-order valence-corrected chi connectivity index (χ3v) is 3.31. The van der Waals surface area contributed by atoms with E-state index in [1.807, 2.05) is 6.92 Å². The number of aliphatic hydroxyl groups is 1. The number of anilines is 1. The second-order valence-electron chi connectivity index (χ2n) is 3.55. The summed E-state index contributed by atoms with van der Waals surface area (Å²) < 4.78 is 4.68. The first-order chi connectivity index (χ1) is 8.08. The minimum Gasteiger partial charge on any atom is -0.465 e. The molecule has 0 aromatic carbocycles. The van der Waals surface area contributed by atoms with Crippen LogP contribution in [0.15, 0.2) is 17.3 Å². The largest absolute Gasteiger partial charge is 0.465 e. The number of nitrogens with zero attached hydrogens (tertiary/aromatic N) is 1. The Kier molecular flexibility index (Phi) is 5.24. The number of hydrogen-bond donors (Lipinski definition) is 2. The highest BCUT2D eigenvalue weighted by molar-refractivity contribution is 7.99. The molecule has 0 aliphatic heterocycles. The van der Waals surface area contributed by atoms with Gasteiger partial charge in [-0.15, -0.1) is 11.8 Å². The highest BCUT2D eigenvalue weighted by Crippen LogP contribution is 2.27. The maximum Gasteiger partial charge on any atom is 0.340 e. The van der Waals surface area contributed by atoms with Crippen molar-refractivity contribution in [3.8, 4) is 0 Å². The monoisotopic (exact) mass is 256 g/mol. The Morgan fingerprint density at radius 3 is 3.00 bits per heavy atom. The van der Waals surface area contributed by atoms with Crippen LogP contribution in [0.4, 0.5) is 5.69 Å². The minimum atomic E-state index is -0.455. The van der Waals surface area contributed by atoms with Crippen molar-refractivity contribution < 1.29 is 14.6 Å². The average Bonchev–Trinajstić information content (AvgIpc) is 2.30. The lowest BCUT2D eigenvalue weighted by Crippen LogP contribution is -2.08. The Hall–Kier alpha value is -1.27. The minimum absolute atomic E-state index is 0.108. The molecule has 0 aliphatic carbocycles. The summed E-state index contributed by atoms with van der Waals surface area (Å²) in [6.45, 7) is 2.07. The second kappa shape index (κ2) is 6.46. The van der Waals surface area contributed by atoms with Gasteiger partial charge in [-0.2, -0.15) is 0 Å². The third kappa shape index (κ3) is 3.90. The number of aliphatic hydroxyl groups excluding tert-OH is 1. The molecule has 1 atom stereocenters. The number of aromatic nitrogens is 1. The van der Waals surface area contributed by atoms with Crippen molar-refractivity contribution in [2.75, 3.05) is 19.5 Å². The lowest BCUT2D eigenvalue weighted by atomic mass is 10.3. The number of carbonyl (C=O) groups is 1. The Bertz CT molecular complexity index is 398. The van der Waals surface area contributed by atoms with Gasteiger partial charge in [0.25, 0.3) is 0 Å². The maximum absolute atomic E-state index is 11.5.